The standard InChI is InChI=1S/C22H25FN4O3/c1-22(2,3)30-21(29)25-16-6-8-27(9-7-16)20-12-17(28)11-19(26-20)14-4-5-15(13-24)18(23)10-14/h4-5,10-12,16H,6-9H2,1-3H3,(H,25,29)(H,26,28). The van der Waals surface area contributed by atoms with Gasteiger partial charge < -0.3 is 20.1 Å². The van der Waals surface area contributed by atoms with Gasteiger partial charge in [0.05, 0.1) is 11.3 Å². The lowest BCUT2D eigenvalue weighted by Gasteiger charge is -2.33. The maximum Gasteiger partial charge on any atom is 0.407 e. The number of aromatic hydroxyl groups is 1. The monoisotopic (exact) mass is 412 g/mol. The average Bonchev–Trinajstić information content (AvgIpc) is 2.66. The Balaban J connectivity index is 1.69. The van der Waals surface area contributed by atoms with Crippen molar-refractivity contribution in [1.82, 2.24) is 10.3 Å². The highest BCUT2D eigenvalue weighted by molar-refractivity contribution is 5.68. The Morgan fingerprint density at radius 1 is 1.30 bits per heavy atom. The number of hydrogen-bond acceptors (Lipinski definition) is 6. The maximum absolute atomic E-state index is 14.0. The molecular weight excluding hydrogens is 387 g/mol. The third-order valence-electron chi connectivity index (χ3n) is 4.72. The lowest BCUT2D eigenvalue weighted by molar-refractivity contribution is 0.0497. The van der Waals surface area contributed by atoms with Crippen molar-refractivity contribution in [1.29, 1.82) is 5.26 Å². The zero-order valence-corrected chi connectivity index (χ0v) is 17.3. The topological polar surface area (TPSA) is 98.5 Å². The number of hydrogen-bond donors (Lipinski definition) is 2. The molecule has 1 aromatic heterocycles. The van der Waals surface area contributed by atoms with Gasteiger partial charge in [-0.3, -0.25) is 0 Å². The van der Waals surface area contributed by atoms with Gasteiger partial charge in [-0.05, 0) is 45.7 Å². The molecule has 2 aromatic rings. The molecule has 3 rings (SSSR count). The van der Waals surface area contributed by atoms with E-state index in [1.54, 1.807) is 18.2 Å². The van der Waals surface area contributed by atoms with Gasteiger partial charge in [0.1, 0.15) is 29.1 Å². The largest absolute Gasteiger partial charge is 0.508 e. The van der Waals surface area contributed by atoms with Crippen LogP contribution in [0.25, 0.3) is 11.3 Å². The number of anilines is 1. The van der Waals surface area contributed by atoms with Gasteiger partial charge in [0.15, 0.2) is 0 Å². The summed E-state index contributed by atoms with van der Waals surface area (Å²) >= 11 is 0. The fourth-order valence-corrected chi connectivity index (χ4v) is 3.30. The van der Waals surface area contributed by atoms with Crippen LogP contribution < -0.4 is 10.2 Å². The number of nitriles is 1. The summed E-state index contributed by atoms with van der Waals surface area (Å²) < 4.78 is 19.3. The maximum atomic E-state index is 14.0. The number of ether oxygens (including phenoxy) is 1. The molecule has 0 aliphatic carbocycles. The van der Waals surface area contributed by atoms with Gasteiger partial charge in [-0.2, -0.15) is 5.26 Å². The van der Waals surface area contributed by atoms with E-state index in [2.05, 4.69) is 10.3 Å². The van der Waals surface area contributed by atoms with Crippen molar-refractivity contribution in [2.75, 3.05) is 18.0 Å². The van der Waals surface area contributed by atoms with Crippen LogP contribution in [0.3, 0.4) is 0 Å². The first-order valence-electron chi connectivity index (χ1n) is 9.80. The number of pyridine rings is 1. The highest BCUT2D eigenvalue weighted by Crippen LogP contribution is 2.29. The Morgan fingerprint density at radius 2 is 2.00 bits per heavy atom. The zero-order valence-electron chi connectivity index (χ0n) is 17.3. The second-order valence-corrected chi connectivity index (χ2v) is 8.28. The number of amides is 1. The van der Waals surface area contributed by atoms with Crippen LogP contribution in [0.2, 0.25) is 0 Å². The average molecular weight is 412 g/mol. The summed E-state index contributed by atoms with van der Waals surface area (Å²) in [6.45, 7) is 6.73. The predicted molar refractivity (Wildman–Crippen MR) is 111 cm³/mol. The normalized spacial score (nSPS) is 14.8. The molecule has 2 heterocycles. The molecule has 0 spiro atoms. The van der Waals surface area contributed by atoms with Crippen LogP contribution in [0.5, 0.6) is 5.75 Å². The van der Waals surface area contributed by atoms with Gasteiger partial charge in [-0.1, -0.05) is 6.07 Å². The molecule has 0 unspecified atom stereocenters. The molecule has 0 saturated carbocycles. The molecular formula is C22H25FN4O3. The Bertz CT molecular complexity index is 973. The number of aromatic nitrogens is 1. The molecule has 1 aliphatic rings. The van der Waals surface area contributed by atoms with Gasteiger partial charge in [0.25, 0.3) is 0 Å². The zero-order chi connectivity index (χ0) is 21.9. The highest BCUT2D eigenvalue weighted by atomic mass is 19.1. The van der Waals surface area contributed by atoms with Crippen molar-refractivity contribution in [3.63, 3.8) is 0 Å². The molecule has 1 saturated heterocycles. The second-order valence-electron chi connectivity index (χ2n) is 8.28. The molecule has 2 N–H and O–H groups in total. The quantitative estimate of drug-likeness (QED) is 0.792. The number of nitrogens with one attached hydrogen (secondary N) is 1. The molecule has 1 aliphatic heterocycles. The number of carbonyl (C=O) groups excluding carboxylic acids is 1. The first-order valence-corrected chi connectivity index (χ1v) is 9.80. The molecule has 0 bridgehead atoms. The summed E-state index contributed by atoms with van der Waals surface area (Å²) in [5.74, 6) is -0.0324. The summed E-state index contributed by atoms with van der Waals surface area (Å²) in [4.78, 5) is 18.5. The fraction of sp³-hybridized carbons (Fsp3) is 0.409. The van der Waals surface area contributed by atoms with E-state index < -0.39 is 17.5 Å². The van der Waals surface area contributed by atoms with E-state index in [0.29, 0.717) is 43.0 Å². The number of carbonyl (C=O) groups is 1. The number of benzene rings is 1. The molecule has 0 atom stereocenters. The molecule has 7 nitrogen and oxygen atoms in total. The van der Waals surface area contributed by atoms with Crippen LogP contribution in [0.1, 0.15) is 39.2 Å². The van der Waals surface area contributed by atoms with Crippen LogP contribution in [0, 0.1) is 17.1 Å². The molecule has 158 valence electrons. The number of alkyl carbamates (subject to hydrolysis) is 1. The predicted octanol–water partition coefficient (Wildman–Crippen LogP) is 3.96. The van der Waals surface area contributed by atoms with Crippen molar-refractivity contribution in [3.05, 3.63) is 41.7 Å². The lowest BCUT2D eigenvalue weighted by Crippen LogP contribution is -2.46. The highest BCUT2D eigenvalue weighted by Gasteiger charge is 2.24. The molecule has 0 radical (unpaired) electrons. The summed E-state index contributed by atoms with van der Waals surface area (Å²) in [5.41, 5.74) is 0.309. The smallest absolute Gasteiger partial charge is 0.407 e. The van der Waals surface area contributed by atoms with Gasteiger partial charge in [0, 0.05) is 36.8 Å². The summed E-state index contributed by atoms with van der Waals surface area (Å²) in [6.07, 6.45) is 0.982. The molecule has 1 amide bonds. The minimum atomic E-state index is -0.629. The Kier molecular flexibility index (Phi) is 6.11. The SMILES string of the molecule is CC(C)(C)OC(=O)NC1CCN(c2cc(O)cc(-c3ccc(C#N)c(F)c3)n2)CC1. The number of piperidine rings is 1. The van der Waals surface area contributed by atoms with E-state index in [4.69, 9.17) is 10.00 Å². The van der Waals surface area contributed by atoms with E-state index in [-0.39, 0.29) is 17.4 Å². The van der Waals surface area contributed by atoms with E-state index in [0.717, 1.165) is 0 Å². The third kappa shape index (κ3) is 5.38. The lowest BCUT2D eigenvalue weighted by atomic mass is 10.0. The van der Waals surface area contributed by atoms with E-state index in [1.165, 1.54) is 18.2 Å². The van der Waals surface area contributed by atoms with Crippen LogP contribution >= 0.6 is 0 Å². The molecule has 8 heteroatoms. The van der Waals surface area contributed by atoms with E-state index in [1.807, 2.05) is 25.7 Å². The Labute approximate surface area is 175 Å². The van der Waals surface area contributed by atoms with Crippen molar-refractivity contribution in [2.45, 2.75) is 45.3 Å². The number of nitrogens with zero attached hydrogens (tertiary/aromatic N) is 3. The van der Waals surface area contributed by atoms with Gasteiger partial charge in [0.2, 0.25) is 0 Å². The Hall–Kier alpha value is -3.34. The van der Waals surface area contributed by atoms with Gasteiger partial charge >= 0.3 is 6.09 Å². The Morgan fingerprint density at radius 3 is 2.60 bits per heavy atom. The number of rotatable bonds is 3. The van der Waals surface area contributed by atoms with E-state index in [9.17, 15) is 14.3 Å². The summed E-state index contributed by atoms with van der Waals surface area (Å²) in [5, 5.41) is 21.9. The number of halogens is 1. The fourth-order valence-electron chi connectivity index (χ4n) is 3.30. The first-order chi connectivity index (χ1) is 14.1. The summed E-state index contributed by atoms with van der Waals surface area (Å²) in [6, 6.07) is 9.04. The molecule has 1 aromatic carbocycles. The van der Waals surface area contributed by atoms with Crippen LogP contribution in [-0.2, 0) is 4.74 Å². The van der Waals surface area contributed by atoms with Crippen LogP contribution in [0.4, 0.5) is 15.0 Å². The third-order valence-corrected chi connectivity index (χ3v) is 4.72. The van der Waals surface area contributed by atoms with Crippen molar-refractivity contribution in [2.24, 2.45) is 0 Å². The minimum Gasteiger partial charge on any atom is -0.508 e. The van der Waals surface area contributed by atoms with Crippen molar-refractivity contribution >= 4 is 11.9 Å². The van der Waals surface area contributed by atoms with Gasteiger partial charge in [-0.25, -0.2) is 14.2 Å². The van der Waals surface area contributed by atoms with Gasteiger partial charge in [-0.15, -0.1) is 0 Å². The van der Waals surface area contributed by atoms with Crippen molar-refractivity contribution < 1.29 is 19.0 Å². The second kappa shape index (κ2) is 8.57. The van der Waals surface area contributed by atoms with Crippen LogP contribution in [-0.4, -0.2) is 40.9 Å². The minimum absolute atomic E-state index is 0.000464. The first kappa shape index (κ1) is 21.4. The summed E-state index contributed by atoms with van der Waals surface area (Å²) in [7, 11) is 0. The van der Waals surface area contributed by atoms with E-state index >= 15 is 0 Å². The van der Waals surface area contributed by atoms with Crippen molar-refractivity contribution in [3.8, 4) is 23.1 Å². The van der Waals surface area contributed by atoms with Crippen LogP contribution in [0.15, 0.2) is 30.3 Å². The molecule has 30 heavy (non-hydrogen) atoms. The molecule has 1 fully saturated rings.